The Morgan fingerprint density at radius 2 is 1.69 bits per heavy atom. The third kappa shape index (κ3) is 5.27. The standard InChI is InChI=1S/C4H6N2O2.C4H9NO3/c7-3-4(8)6-2-1-5-3;1-2(6)3(5)4(7)8/h1-2H2,(H,5,7)(H,6,8);2-3,6H,5H2,1H3,(H,7,8)/t;2-,3+/m.1/s1. The Kier molecular flexibility index (Phi) is 6.04. The van der Waals surface area contributed by atoms with Gasteiger partial charge >= 0.3 is 17.8 Å². The van der Waals surface area contributed by atoms with E-state index in [1.807, 2.05) is 0 Å². The van der Waals surface area contributed by atoms with Crippen molar-refractivity contribution in [2.45, 2.75) is 19.1 Å². The van der Waals surface area contributed by atoms with E-state index in [2.05, 4.69) is 10.6 Å². The predicted octanol–water partition coefficient (Wildman–Crippen LogP) is -2.99. The molecule has 6 N–H and O–H groups in total. The molecule has 0 bridgehead atoms. The number of amides is 2. The number of hydrogen-bond acceptors (Lipinski definition) is 5. The smallest absolute Gasteiger partial charge is 0.323 e. The number of carboxylic acids is 1. The molecular formula is C8H15N3O5. The first-order valence-corrected chi connectivity index (χ1v) is 4.58. The lowest BCUT2D eigenvalue weighted by molar-refractivity contribution is -0.140. The van der Waals surface area contributed by atoms with Crippen LogP contribution in [0.5, 0.6) is 0 Å². The van der Waals surface area contributed by atoms with Crippen LogP contribution in [0, 0.1) is 0 Å². The van der Waals surface area contributed by atoms with Gasteiger partial charge in [0.25, 0.3) is 0 Å². The SMILES string of the molecule is C[C@@H](O)[C@H](N)C(=O)O.O=C1NCCNC1=O. The fourth-order valence-electron chi connectivity index (χ4n) is 0.719. The van der Waals surface area contributed by atoms with Crippen LogP contribution < -0.4 is 16.4 Å². The molecule has 0 aromatic rings. The molecule has 8 nitrogen and oxygen atoms in total. The molecule has 0 radical (unpaired) electrons. The minimum atomic E-state index is -1.18. The van der Waals surface area contributed by atoms with Gasteiger partial charge in [0.1, 0.15) is 6.04 Å². The molecule has 1 heterocycles. The summed E-state index contributed by atoms with van der Waals surface area (Å²) in [5, 5.41) is 21.3. The molecule has 0 aromatic carbocycles. The number of piperazine rings is 1. The monoisotopic (exact) mass is 233 g/mol. The molecule has 2 atom stereocenters. The minimum absolute atomic E-state index is 0.531. The summed E-state index contributed by atoms with van der Waals surface area (Å²) in [4.78, 5) is 30.4. The molecule has 16 heavy (non-hydrogen) atoms. The topological polar surface area (TPSA) is 142 Å². The highest BCUT2D eigenvalue weighted by molar-refractivity contribution is 6.35. The molecule has 0 spiro atoms. The summed E-state index contributed by atoms with van der Waals surface area (Å²) in [6.45, 7) is 2.42. The lowest BCUT2D eigenvalue weighted by Gasteiger charge is -2.10. The van der Waals surface area contributed by atoms with Gasteiger partial charge in [0.2, 0.25) is 0 Å². The second kappa shape index (κ2) is 6.75. The van der Waals surface area contributed by atoms with E-state index in [1.165, 1.54) is 6.92 Å². The van der Waals surface area contributed by atoms with Crippen molar-refractivity contribution in [3.63, 3.8) is 0 Å². The normalized spacial score (nSPS) is 18.4. The van der Waals surface area contributed by atoms with Crippen LogP contribution in [0.2, 0.25) is 0 Å². The number of carbonyl (C=O) groups is 3. The Labute approximate surface area is 91.8 Å². The largest absolute Gasteiger partial charge is 0.480 e. The number of nitrogens with one attached hydrogen (secondary N) is 2. The number of aliphatic hydroxyl groups is 1. The van der Waals surface area contributed by atoms with Crippen LogP contribution in [0.15, 0.2) is 0 Å². The van der Waals surface area contributed by atoms with Gasteiger partial charge in [-0.1, -0.05) is 0 Å². The van der Waals surface area contributed by atoms with Crippen molar-refractivity contribution in [2.24, 2.45) is 5.73 Å². The fourth-order valence-corrected chi connectivity index (χ4v) is 0.719. The number of aliphatic carboxylic acids is 1. The van der Waals surface area contributed by atoms with E-state index < -0.39 is 29.9 Å². The lowest BCUT2D eigenvalue weighted by Crippen LogP contribution is -2.49. The number of hydrogen-bond donors (Lipinski definition) is 5. The highest BCUT2D eigenvalue weighted by Gasteiger charge is 2.16. The quantitative estimate of drug-likeness (QED) is 0.322. The average Bonchev–Trinajstić information content (AvgIpc) is 2.22. The predicted molar refractivity (Wildman–Crippen MR) is 53.3 cm³/mol. The highest BCUT2D eigenvalue weighted by atomic mass is 16.4. The first-order valence-electron chi connectivity index (χ1n) is 4.58. The molecule has 1 saturated heterocycles. The Bertz CT molecular complexity index is 263. The molecule has 2 amide bonds. The van der Waals surface area contributed by atoms with E-state index in [0.29, 0.717) is 13.1 Å². The number of carbonyl (C=O) groups excluding carboxylic acids is 2. The van der Waals surface area contributed by atoms with Crippen molar-refractivity contribution < 1.29 is 24.6 Å². The molecular weight excluding hydrogens is 218 g/mol. The maximum atomic E-state index is 10.3. The van der Waals surface area contributed by atoms with Crippen molar-refractivity contribution in [3.8, 4) is 0 Å². The zero-order valence-electron chi connectivity index (χ0n) is 8.77. The lowest BCUT2D eigenvalue weighted by atomic mass is 10.2. The van der Waals surface area contributed by atoms with Crippen molar-refractivity contribution >= 4 is 17.8 Å². The van der Waals surface area contributed by atoms with Gasteiger partial charge in [-0.2, -0.15) is 0 Å². The summed E-state index contributed by atoms with van der Waals surface area (Å²) in [7, 11) is 0. The maximum absolute atomic E-state index is 10.3. The van der Waals surface area contributed by atoms with Crippen LogP contribution in [0.4, 0.5) is 0 Å². The first-order chi connectivity index (χ1) is 7.36. The summed E-state index contributed by atoms with van der Waals surface area (Å²) in [6, 6.07) is -1.16. The molecule has 1 aliphatic heterocycles. The Hall–Kier alpha value is -1.67. The van der Waals surface area contributed by atoms with E-state index in [9.17, 15) is 14.4 Å². The number of nitrogens with two attached hydrogens (primary N) is 1. The maximum Gasteiger partial charge on any atom is 0.323 e. The second-order valence-electron chi connectivity index (χ2n) is 3.12. The molecule has 0 saturated carbocycles. The molecule has 0 aromatic heterocycles. The van der Waals surface area contributed by atoms with Crippen molar-refractivity contribution in [1.82, 2.24) is 10.6 Å². The van der Waals surface area contributed by atoms with Crippen LogP contribution in [-0.4, -0.2) is 53.2 Å². The van der Waals surface area contributed by atoms with Gasteiger partial charge in [-0.25, -0.2) is 0 Å². The van der Waals surface area contributed by atoms with Gasteiger partial charge < -0.3 is 26.6 Å². The number of carboxylic acid groups (broad SMARTS) is 1. The molecule has 92 valence electrons. The Balaban J connectivity index is 0.000000281. The Morgan fingerprint density at radius 1 is 1.31 bits per heavy atom. The van der Waals surface area contributed by atoms with Gasteiger partial charge in [-0.3, -0.25) is 14.4 Å². The van der Waals surface area contributed by atoms with Crippen molar-refractivity contribution in [2.75, 3.05) is 13.1 Å². The summed E-state index contributed by atoms with van der Waals surface area (Å²) in [5.41, 5.74) is 4.91. The highest BCUT2D eigenvalue weighted by Crippen LogP contribution is 1.85. The number of aliphatic hydroxyl groups excluding tert-OH is 1. The minimum Gasteiger partial charge on any atom is -0.480 e. The first kappa shape index (κ1) is 14.3. The van der Waals surface area contributed by atoms with Crippen LogP contribution >= 0.6 is 0 Å². The van der Waals surface area contributed by atoms with E-state index >= 15 is 0 Å². The van der Waals surface area contributed by atoms with Gasteiger partial charge in [-0.15, -0.1) is 0 Å². The third-order valence-corrected chi connectivity index (χ3v) is 1.71. The number of rotatable bonds is 2. The average molecular weight is 233 g/mol. The molecule has 1 rings (SSSR count). The van der Waals surface area contributed by atoms with Crippen molar-refractivity contribution in [3.05, 3.63) is 0 Å². The third-order valence-electron chi connectivity index (χ3n) is 1.71. The second-order valence-corrected chi connectivity index (χ2v) is 3.12. The molecule has 1 aliphatic rings. The van der Waals surface area contributed by atoms with Crippen LogP contribution in [0.25, 0.3) is 0 Å². The fraction of sp³-hybridized carbons (Fsp3) is 0.625. The summed E-state index contributed by atoms with van der Waals surface area (Å²) in [5.74, 6) is -2.24. The van der Waals surface area contributed by atoms with Crippen LogP contribution in [0.1, 0.15) is 6.92 Å². The van der Waals surface area contributed by atoms with E-state index in [1.54, 1.807) is 0 Å². The van der Waals surface area contributed by atoms with Gasteiger partial charge in [0.15, 0.2) is 0 Å². The molecule has 8 heteroatoms. The molecule has 0 unspecified atom stereocenters. The zero-order valence-corrected chi connectivity index (χ0v) is 8.77. The van der Waals surface area contributed by atoms with E-state index in [0.717, 1.165) is 0 Å². The van der Waals surface area contributed by atoms with Gasteiger partial charge in [-0.05, 0) is 6.92 Å². The zero-order chi connectivity index (χ0) is 12.7. The van der Waals surface area contributed by atoms with E-state index in [-0.39, 0.29) is 0 Å². The molecule has 0 aliphatic carbocycles. The van der Waals surface area contributed by atoms with Crippen LogP contribution in [-0.2, 0) is 14.4 Å². The van der Waals surface area contributed by atoms with Gasteiger partial charge in [0.05, 0.1) is 6.10 Å². The molecule has 1 fully saturated rings. The Morgan fingerprint density at radius 3 is 1.81 bits per heavy atom. The summed E-state index contributed by atoms with van der Waals surface area (Å²) < 4.78 is 0. The van der Waals surface area contributed by atoms with Gasteiger partial charge in [0, 0.05) is 13.1 Å². The van der Waals surface area contributed by atoms with Crippen LogP contribution in [0.3, 0.4) is 0 Å². The van der Waals surface area contributed by atoms with Crippen molar-refractivity contribution in [1.29, 1.82) is 0 Å². The van der Waals surface area contributed by atoms with E-state index in [4.69, 9.17) is 15.9 Å². The summed E-state index contributed by atoms with van der Waals surface area (Å²) in [6.07, 6.45) is -0.979. The summed E-state index contributed by atoms with van der Waals surface area (Å²) >= 11 is 0.